The van der Waals surface area contributed by atoms with E-state index in [9.17, 15) is 0 Å². The van der Waals surface area contributed by atoms with Gasteiger partial charge in [-0.25, -0.2) is 9.55 Å². The minimum absolute atomic E-state index is 0.485. The van der Waals surface area contributed by atoms with Crippen LogP contribution in [0.3, 0.4) is 0 Å². The third kappa shape index (κ3) is 3.16. The zero-order valence-electron chi connectivity index (χ0n) is 11.6. The number of aromatic amines is 1. The summed E-state index contributed by atoms with van der Waals surface area (Å²) in [6.07, 6.45) is 0. The van der Waals surface area contributed by atoms with E-state index < -0.39 is 0 Å². The molecule has 4 heteroatoms. The number of fused-ring (bicyclic) bond motifs is 1. The van der Waals surface area contributed by atoms with Crippen molar-refractivity contribution in [1.29, 1.82) is 0 Å². The van der Waals surface area contributed by atoms with Crippen molar-refractivity contribution in [1.82, 2.24) is 4.98 Å². The number of nitrogens with zero attached hydrogens (tertiary/aromatic N) is 1. The number of benzene rings is 2. The smallest absolute Gasteiger partial charge is 0.294 e. The molecular weight excluding hydrogens is 328 g/mol. The molecule has 2 aromatic carbocycles. The summed E-state index contributed by atoms with van der Waals surface area (Å²) in [4.78, 5) is 3.42. The normalized spacial score (nSPS) is 10.7. The summed E-state index contributed by atoms with van der Waals surface area (Å²) >= 11 is 3.44. The molecular formula is C17H16BrN2O+. The van der Waals surface area contributed by atoms with Crippen LogP contribution in [0.5, 0.6) is 5.75 Å². The van der Waals surface area contributed by atoms with E-state index in [1.165, 1.54) is 0 Å². The first-order valence-corrected chi connectivity index (χ1v) is 7.54. The van der Waals surface area contributed by atoms with Gasteiger partial charge in [-0.05, 0) is 24.3 Å². The largest absolute Gasteiger partial charge is 0.481 e. The second kappa shape index (κ2) is 6.14. The van der Waals surface area contributed by atoms with Gasteiger partial charge < -0.3 is 4.74 Å². The lowest BCUT2D eigenvalue weighted by atomic mass is 10.3. The van der Waals surface area contributed by atoms with Crippen LogP contribution in [0.2, 0.25) is 0 Å². The van der Waals surface area contributed by atoms with Crippen LogP contribution in [0.4, 0.5) is 0 Å². The van der Waals surface area contributed by atoms with E-state index in [0.717, 1.165) is 27.1 Å². The Balaban J connectivity index is 1.91. The van der Waals surface area contributed by atoms with Crippen LogP contribution in [0, 0.1) is 0 Å². The van der Waals surface area contributed by atoms with Crippen molar-refractivity contribution in [2.75, 3.05) is 0 Å². The van der Waals surface area contributed by atoms with Gasteiger partial charge in [-0.3, -0.25) is 0 Å². The summed E-state index contributed by atoms with van der Waals surface area (Å²) in [6, 6.07) is 18.0. The van der Waals surface area contributed by atoms with Gasteiger partial charge in [0.15, 0.2) is 17.6 Å². The van der Waals surface area contributed by atoms with Crippen molar-refractivity contribution in [2.24, 2.45) is 0 Å². The van der Waals surface area contributed by atoms with Crippen LogP contribution >= 0.6 is 15.9 Å². The molecule has 3 nitrogen and oxygen atoms in total. The first-order chi connectivity index (χ1) is 10.2. The zero-order chi connectivity index (χ0) is 14.7. The second-order valence-electron chi connectivity index (χ2n) is 4.79. The van der Waals surface area contributed by atoms with Gasteiger partial charge in [-0.1, -0.05) is 52.8 Å². The molecule has 106 valence electrons. The lowest BCUT2D eigenvalue weighted by molar-refractivity contribution is -0.670. The van der Waals surface area contributed by atoms with Gasteiger partial charge in [0.2, 0.25) is 0 Å². The molecule has 0 unspecified atom stereocenters. The standard InChI is InChI=1S/C17H15BrN2O/c1-13(18)11-20-16-10-6-5-9-15(16)19-17(20)12-21-14-7-3-2-4-8-14/h2-10H,1,11-12H2/p+1. The van der Waals surface area contributed by atoms with Crippen LogP contribution in [-0.2, 0) is 13.2 Å². The number of H-pyrrole nitrogens is 1. The Hall–Kier alpha value is -2.07. The molecule has 0 aliphatic heterocycles. The van der Waals surface area contributed by atoms with E-state index in [1.54, 1.807) is 0 Å². The Labute approximate surface area is 132 Å². The summed E-state index contributed by atoms with van der Waals surface area (Å²) in [5.74, 6) is 1.88. The van der Waals surface area contributed by atoms with Gasteiger partial charge in [0, 0.05) is 4.48 Å². The number of allylic oxidation sites excluding steroid dienone is 1. The molecule has 0 saturated carbocycles. The van der Waals surface area contributed by atoms with Gasteiger partial charge in [-0.15, -0.1) is 0 Å². The SMILES string of the molecule is C=C(Br)C[n+]1c(COc2ccccc2)[nH]c2ccccc21. The lowest BCUT2D eigenvalue weighted by Gasteiger charge is -2.04. The van der Waals surface area contributed by atoms with E-state index in [0.29, 0.717) is 13.2 Å². The fourth-order valence-corrected chi connectivity index (χ4v) is 2.57. The molecule has 0 amide bonds. The van der Waals surface area contributed by atoms with Gasteiger partial charge in [0.1, 0.15) is 12.3 Å². The topological polar surface area (TPSA) is 28.9 Å². The number of halogens is 1. The van der Waals surface area contributed by atoms with Crippen LogP contribution < -0.4 is 9.30 Å². The maximum atomic E-state index is 5.85. The fourth-order valence-electron chi connectivity index (χ4n) is 2.32. The van der Waals surface area contributed by atoms with Gasteiger partial charge in [0.05, 0.1) is 0 Å². The highest BCUT2D eigenvalue weighted by molar-refractivity contribution is 9.11. The summed E-state index contributed by atoms with van der Waals surface area (Å²) in [5, 5.41) is 0. The molecule has 0 aliphatic carbocycles. The molecule has 3 aromatic rings. The van der Waals surface area contributed by atoms with Gasteiger partial charge in [-0.2, -0.15) is 0 Å². The molecule has 0 saturated heterocycles. The lowest BCUT2D eigenvalue weighted by Crippen LogP contribution is -2.37. The summed E-state index contributed by atoms with van der Waals surface area (Å²) in [7, 11) is 0. The maximum Gasteiger partial charge on any atom is 0.294 e. The maximum absolute atomic E-state index is 5.85. The van der Waals surface area contributed by atoms with Gasteiger partial charge in [0.25, 0.3) is 5.82 Å². The molecule has 21 heavy (non-hydrogen) atoms. The third-order valence-corrected chi connectivity index (χ3v) is 3.50. The molecule has 1 aromatic heterocycles. The van der Waals surface area contributed by atoms with E-state index >= 15 is 0 Å². The number of rotatable bonds is 5. The average Bonchev–Trinajstić information content (AvgIpc) is 2.84. The first-order valence-electron chi connectivity index (χ1n) is 6.74. The van der Waals surface area contributed by atoms with Crippen molar-refractivity contribution in [3.8, 4) is 5.75 Å². The van der Waals surface area contributed by atoms with Crippen LogP contribution in [0.1, 0.15) is 5.82 Å². The van der Waals surface area contributed by atoms with Crippen molar-refractivity contribution in [3.63, 3.8) is 0 Å². The highest BCUT2D eigenvalue weighted by Crippen LogP contribution is 2.14. The average molecular weight is 344 g/mol. The first kappa shape index (κ1) is 13.9. The number of hydrogen-bond acceptors (Lipinski definition) is 1. The number of nitrogens with one attached hydrogen (secondary N) is 1. The molecule has 1 N–H and O–H groups in total. The Bertz CT molecular complexity index is 765. The summed E-state index contributed by atoms with van der Waals surface area (Å²) in [6.45, 7) is 5.13. The fraction of sp³-hybridized carbons (Fsp3) is 0.118. The van der Waals surface area contributed by atoms with E-state index in [1.807, 2.05) is 42.5 Å². The van der Waals surface area contributed by atoms with Crippen molar-refractivity contribution in [3.05, 3.63) is 71.5 Å². The van der Waals surface area contributed by atoms with E-state index in [-0.39, 0.29) is 0 Å². The molecule has 0 aliphatic rings. The molecule has 3 rings (SSSR count). The minimum atomic E-state index is 0.485. The minimum Gasteiger partial charge on any atom is -0.481 e. The Morgan fingerprint density at radius 2 is 1.81 bits per heavy atom. The molecule has 0 fully saturated rings. The zero-order valence-corrected chi connectivity index (χ0v) is 13.1. The van der Waals surface area contributed by atoms with Gasteiger partial charge >= 0.3 is 0 Å². The quantitative estimate of drug-likeness (QED) is 0.698. The molecule has 0 radical (unpaired) electrons. The monoisotopic (exact) mass is 343 g/mol. The molecule has 1 heterocycles. The third-order valence-electron chi connectivity index (χ3n) is 3.25. The molecule has 0 bridgehead atoms. The number of imidazole rings is 1. The number of para-hydroxylation sites is 3. The van der Waals surface area contributed by atoms with Crippen molar-refractivity contribution in [2.45, 2.75) is 13.2 Å². The molecule has 0 atom stereocenters. The number of aromatic nitrogens is 2. The number of ether oxygens (including phenoxy) is 1. The van der Waals surface area contributed by atoms with E-state index in [4.69, 9.17) is 4.74 Å². The Morgan fingerprint density at radius 1 is 1.10 bits per heavy atom. The Kier molecular flexibility index (Phi) is 4.06. The van der Waals surface area contributed by atoms with Crippen molar-refractivity contribution < 1.29 is 9.30 Å². The molecule has 0 spiro atoms. The van der Waals surface area contributed by atoms with Crippen LogP contribution in [0.25, 0.3) is 11.0 Å². The Morgan fingerprint density at radius 3 is 2.57 bits per heavy atom. The number of hydrogen-bond donors (Lipinski definition) is 1. The summed E-state index contributed by atoms with van der Waals surface area (Å²) in [5.41, 5.74) is 2.24. The predicted molar refractivity (Wildman–Crippen MR) is 87.3 cm³/mol. The van der Waals surface area contributed by atoms with Crippen LogP contribution in [-0.4, -0.2) is 4.98 Å². The highest BCUT2D eigenvalue weighted by Gasteiger charge is 2.18. The second-order valence-corrected chi connectivity index (χ2v) is 5.92. The summed E-state index contributed by atoms with van der Waals surface area (Å²) < 4.78 is 8.95. The predicted octanol–water partition coefficient (Wildman–Crippen LogP) is 3.94. The van der Waals surface area contributed by atoms with Crippen LogP contribution in [0.15, 0.2) is 65.7 Å². The highest BCUT2D eigenvalue weighted by atomic mass is 79.9. The van der Waals surface area contributed by atoms with E-state index in [2.05, 4.69) is 44.2 Å². The van der Waals surface area contributed by atoms with Crippen molar-refractivity contribution >= 4 is 27.0 Å².